The summed E-state index contributed by atoms with van der Waals surface area (Å²) in [6.45, 7) is 3.65. The van der Waals surface area contributed by atoms with Gasteiger partial charge in [-0.25, -0.2) is 0 Å². The molecule has 2 amide bonds. The molecule has 1 aliphatic heterocycles. The van der Waals surface area contributed by atoms with Crippen LogP contribution in [0.1, 0.15) is 23.3 Å². The van der Waals surface area contributed by atoms with Gasteiger partial charge in [-0.2, -0.15) is 5.26 Å². The number of carbonyl (C=O) groups excluding carboxylic acids is 2. The zero-order valence-corrected chi connectivity index (χ0v) is 15.9. The number of anilines is 2. The van der Waals surface area contributed by atoms with Crippen LogP contribution in [0, 0.1) is 31.1 Å². The quantitative estimate of drug-likeness (QED) is 0.867. The summed E-state index contributed by atoms with van der Waals surface area (Å²) >= 11 is 6.04. The van der Waals surface area contributed by atoms with Crippen LogP contribution in [0.25, 0.3) is 0 Å². The Kier molecular flexibility index (Phi) is 5.10. The van der Waals surface area contributed by atoms with E-state index in [0.717, 1.165) is 0 Å². The number of furan rings is 1. The lowest BCUT2D eigenvalue weighted by Gasteiger charge is -2.19. The molecule has 3 rings (SSSR count). The summed E-state index contributed by atoms with van der Waals surface area (Å²) in [5, 5.41) is 12.4. The van der Waals surface area contributed by atoms with Crippen molar-refractivity contribution in [2.75, 3.05) is 23.9 Å². The number of halogens is 1. The van der Waals surface area contributed by atoms with Crippen molar-refractivity contribution in [1.82, 2.24) is 0 Å². The van der Waals surface area contributed by atoms with Gasteiger partial charge in [0.15, 0.2) is 0 Å². The molecule has 8 heteroatoms. The number of nitriles is 1. The SMILES string of the molecule is COc1ccc(Cl)cc1N1CC(C(=O)Nc2oc(C)c(C)c2C#N)CC1=O. The van der Waals surface area contributed by atoms with Crippen LogP contribution in [-0.2, 0) is 9.59 Å². The average molecular weight is 388 g/mol. The van der Waals surface area contributed by atoms with Crippen molar-refractivity contribution in [2.24, 2.45) is 5.92 Å². The minimum Gasteiger partial charge on any atom is -0.495 e. The van der Waals surface area contributed by atoms with Crippen LogP contribution in [0.4, 0.5) is 11.6 Å². The third-order valence-electron chi connectivity index (χ3n) is 4.66. The van der Waals surface area contributed by atoms with E-state index >= 15 is 0 Å². The van der Waals surface area contributed by atoms with Crippen LogP contribution in [0.5, 0.6) is 5.75 Å². The molecule has 1 unspecified atom stereocenters. The number of nitrogens with one attached hydrogen (secondary N) is 1. The Morgan fingerprint density at radius 2 is 2.19 bits per heavy atom. The van der Waals surface area contributed by atoms with E-state index in [4.69, 9.17) is 20.8 Å². The second-order valence-electron chi connectivity index (χ2n) is 6.31. The second-order valence-corrected chi connectivity index (χ2v) is 6.75. The molecule has 1 fully saturated rings. The van der Waals surface area contributed by atoms with Gasteiger partial charge in [-0.05, 0) is 32.0 Å². The zero-order chi connectivity index (χ0) is 19.7. The van der Waals surface area contributed by atoms with E-state index in [2.05, 4.69) is 5.32 Å². The third-order valence-corrected chi connectivity index (χ3v) is 4.90. The molecule has 2 heterocycles. The number of aryl methyl sites for hydroxylation is 1. The number of nitrogens with zero attached hydrogens (tertiary/aromatic N) is 2. The maximum atomic E-state index is 12.6. The number of hydrogen-bond donors (Lipinski definition) is 1. The highest BCUT2D eigenvalue weighted by molar-refractivity contribution is 6.31. The summed E-state index contributed by atoms with van der Waals surface area (Å²) in [6, 6.07) is 7.00. The average Bonchev–Trinajstić information content (AvgIpc) is 3.15. The Morgan fingerprint density at radius 1 is 1.44 bits per heavy atom. The molecule has 0 saturated carbocycles. The lowest BCUT2D eigenvalue weighted by molar-refractivity contribution is -0.122. The monoisotopic (exact) mass is 387 g/mol. The summed E-state index contributed by atoms with van der Waals surface area (Å²) in [5.41, 5.74) is 1.49. The van der Waals surface area contributed by atoms with Crippen LogP contribution in [0.3, 0.4) is 0 Å². The van der Waals surface area contributed by atoms with Gasteiger partial charge < -0.3 is 14.1 Å². The number of carbonyl (C=O) groups is 2. The number of benzene rings is 1. The molecule has 27 heavy (non-hydrogen) atoms. The Hall–Kier alpha value is -2.98. The minimum atomic E-state index is -0.585. The van der Waals surface area contributed by atoms with Gasteiger partial charge in [0.1, 0.15) is 23.1 Å². The Morgan fingerprint density at radius 3 is 2.85 bits per heavy atom. The van der Waals surface area contributed by atoms with Crippen molar-refractivity contribution >= 4 is 35.0 Å². The van der Waals surface area contributed by atoms with Gasteiger partial charge in [0.2, 0.25) is 17.7 Å². The highest BCUT2D eigenvalue weighted by Gasteiger charge is 2.37. The molecule has 0 radical (unpaired) electrons. The molecule has 0 bridgehead atoms. The van der Waals surface area contributed by atoms with Crippen LogP contribution < -0.4 is 15.0 Å². The maximum absolute atomic E-state index is 12.6. The molecule has 0 aliphatic carbocycles. The normalized spacial score (nSPS) is 16.3. The molecule has 140 valence electrons. The Bertz CT molecular complexity index is 961. The summed E-state index contributed by atoms with van der Waals surface area (Å²) in [7, 11) is 1.50. The van der Waals surface area contributed by atoms with Crippen LogP contribution in [0.2, 0.25) is 5.02 Å². The number of hydrogen-bond acceptors (Lipinski definition) is 5. The summed E-state index contributed by atoms with van der Waals surface area (Å²) in [6.07, 6.45) is 0.0437. The summed E-state index contributed by atoms with van der Waals surface area (Å²) in [5.74, 6) is 0.00907. The van der Waals surface area contributed by atoms with Gasteiger partial charge in [0.05, 0.1) is 18.7 Å². The number of methoxy groups -OCH3 is 1. The smallest absolute Gasteiger partial charge is 0.232 e. The van der Waals surface area contributed by atoms with Crippen LogP contribution in [0.15, 0.2) is 22.6 Å². The first kappa shape index (κ1) is 18.8. The molecule has 7 nitrogen and oxygen atoms in total. The molecular weight excluding hydrogens is 370 g/mol. The van der Waals surface area contributed by atoms with Crippen molar-refractivity contribution in [3.05, 3.63) is 40.1 Å². The van der Waals surface area contributed by atoms with Crippen LogP contribution in [-0.4, -0.2) is 25.5 Å². The Labute approximate surface area is 161 Å². The zero-order valence-electron chi connectivity index (χ0n) is 15.1. The van der Waals surface area contributed by atoms with Crippen LogP contribution >= 0.6 is 11.6 Å². The molecule has 1 aromatic heterocycles. The second kappa shape index (κ2) is 7.33. The lowest BCUT2D eigenvalue weighted by Crippen LogP contribution is -2.28. The van der Waals surface area contributed by atoms with Crippen molar-refractivity contribution in [2.45, 2.75) is 20.3 Å². The van der Waals surface area contributed by atoms with Gasteiger partial charge >= 0.3 is 0 Å². The summed E-state index contributed by atoms with van der Waals surface area (Å²) in [4.78, 5) is 26.6. The fraction of sp³-hybridized carbons (Fsp3) is 0.316. The van der Waals surface area contributed by atoms with E-state index in [1.807, 2.05) is 6.07 Å². The van der Waals surface area contributed by atoms with Gasteiger partial charge in [-0.3, -0.25) is 14.9 Å². The van der Waals surface area contributed by atoms with E-state index in [9.17, 15) is 14.9 Å². The topological polar surface area (TPSA) is 95.6 Å². The van der Waals surface area contributed by atoms with Crippen molar-refractivity contribution < 1.29 is 18.7 Å². The molecule has 1 N–H and O–H groups in total. The first-order valence-electron chi connectivity index (χ1n) is 8.30. The van der Waals surface area contributed by atoms with Gasteiger partial charge in [0, 0.05) is 23.6 Å². The molecule has 1 saturated heterocycles. The number of rotatable bonds is 4. The largest absolute Gasteiger partial charge is 0.495 e. The minimum absolute atomic E-state index is 0.0437. The van der Waals surface area contributed by atoms with Crippen molar-refractivity contribution in [3.8, 4) is 11.8 Å². The molecule has 2 aromatic rings. The maximum Gasteiger partial charge on any atom is 0.232 e. The Balaban J connectivity index is 1.80. The highest BCUT2D eigenvalue weighted by Crippen LogP contribution is 2.35. The summed E-state index contributed by atoms with van der Waals surface area (Å²) < 4.78 is 10.8. The molecular formula is C19H18ClN3O4. The van der Waals surface area contributed by atoms with E-state index in [1.165, 1.54) is 12.0 Å². The van der Waals surface area contributed by atoms with E-state index < -0.39 is 5.92 Å². The fourth-order valence-electron chi connectivity index (χ4n) is 3.05. The lowest BCUT2D eigenvalue weighted by atomic mass is 10.1. The predicted molar refractivity (Wildman–Crippen MR) is 100.0 cm³/mol. The molecule has 1 aliphatic rings. The van der Waals surface area contributed by atoms with Gasteiger partial charge in [0.25, 0.3) is 0 Å². The molecule has 1 atom stereocenters. The number of ether oxygens (including phenoxy) is 1. The van der Waals surface area contributed by atoms with Crippen molar-refractivity contribution in [3.63, 3.8) is 0 Å². The third kappa shape index (κ3) is 3.49. The first-order chi connectivity index (χ1) is 12.8. The fourth-order valence-corrected chi connectivity index (χ4v) is 3.22. The molecule has 1 aromatic carbocycles. The molecule has 0 spiro atoms. The van der Waals surface area contributed by atoms with E-state index in [0.29, 0.717) is 33.3 Å². The van der Waals surface area contributed by atoms with Gasteiger partial charge in [-0.15, -0.1) is 0 Å². The van der Waals surface area contributed by atoms with E-state index in [1.54, 1.807) is 32.0 Å². The first-order valence-corrected chi connectivity index (χ1v) is 8.68. The number of amides is 2. The van der Waals surface area contributed by atoms with Crippen molar-refractivity contribution in [1.29, 1.82) is 5.26 Å². The standard InChI is InChI=1S/C19H18ClN3O4/c1-10-11(2)27-19(14(10)8-21)22-18(25)12-6-17(24)23(9-12)15-7-13(20)4-5-16(15)26-3/h4-5,7,12H,6,9H2,1-3H3,(H,22,25). The van der Waals surface area contributed by atoms with E-state index in [-0.39, 0.29) is 30.7 Å². The highest BCUT2D eigenvalue weighted by atomic mass is 35.5. The predicted octanol–water partition coefficient (Wildman–Crippen LogP) is 3.42. The van der Waals surface area contributed by atoms with Gasteiger partial charge in [-0.1, -0.05) is 11.6 Å².